The van der Waals surface area contributed by atoms with Crippen LogP contribution in [0.4, 0.5) is 4.79 Å². The van der Waals surface area contributed by atoms with Gasteiger partial charge in [-0.3, -0.25) is 4.90 Å². The first-order chi connectivity index (χ1) is 8.96. The van der Waals surface area contributed by atoms with Crippen molar-refractivity contribution in [1.82, 2.24) is 4.90 Å². The highest BCUT2D eigenvalue weighted by Crippen LogP contribution is 2.48. The van der Waals surface area contributed by atoms with Crippen LogP contribution < -0.4 is 0 Å². The molecule has 0 radical (unpaired) electrons. The Balaban J connectivity index is 1.86. The van der Waals surface area contributed by atoms with Crippen molar-refractivity contribution in [3.05, 3.63) is 23.4 Å². The number of amides is 1. The van der Waals surface area contributed by atoms with Crippen LogP contribution in [0.15, 0.2) is 23.4 Å². The molecule has 3 rings (SSSR count). The molecule has 0 aromatic rings. The number of carbonyl (C=O) groups is 1. The standard InChI is InChI=1S/C16H23NO2/c1-16(2,3)19-15(18)17-9-8-12-10-11-6-4-5-7-13(11)14(12)17/h5,7,11-12H,4,6,8-10H2,1-3H3. The van der Waals surface area contributed by atoms with E-state index in [0.717, 1.165) is 13.0 Å². The maximum Gasteiger partial charge on any atom is 0.414 e. The second-order valence-corrected chi connectivity index (χ2v) is 6.87. The number of ether oxygens (including phenoxy) is 1. The van der Waals surface area contributed by atoms with Crippen molar-refractivity contribution in [2.45, 2.75) is 52.1 Å². The summed E-state index contributed by atoms with van der Waals surface area (Å²) >= 11 is 0. The Kier molecular flexibility index (Phi) is 2.95. The van der Waals surface area contributed by atoms with Crippen LogP contribution in [0.1, 0.15) is 46.5 Å². The molecule has 2 aliphatic carbocycles. The molecular formula is C16H23NO2. The molecule has 1 saturated heterocycles. The zero-order chi connectivity index (χ0) is 13.6. The zero-order valence-corrected chi connectivity index (χ0v) is 12.1. The molecule has 2 unspecified atom stereocenters. The second kappa shape index (κ2) is 4.39. The summed E-state index contributed by atoms with van der Waals surface area (Å²) in [4.78, 5) is 14.2. The zero-order valence-electron chi connectivity index (χ0n) is 12.1. The van der Waals surface area contributed by atoms with E-state index in [-0.39, 0.29) is 6.09 Å². The van der Waals surface area contributed by atoms with Gasteiger partial charge in [0.1, 0.15) is 5.60 Å². The van der Waals surface area contributed by atoms with Gasteiger partial charge in [0.15, 0.2) is 0 Å². The van der Waals surface area contributed by atoms with E-state index in [4.69, 9.17) is 4.74 Å². The van der Waals surface area contributed by atoms with Crippen LogP contribution in [-0.4, -0.2) is 23.1 Å². The molecular weight excluding hydrogens is 238 g/mol. The maximum absolute atomic E-state index is 12.3. The molecule has 3 nitrogen and oxygen atoms in total. The van der Waals surface area contributed by atoms with Crippen LogP contribution in [0, 0.1) is 11.8 Å². The van der Waals surface area contributed by atoms with Gasteiger partial charge < -0.3 is 4.74 Å². The lowest BCUT2D eigenvalue weighted by atomic mass is 9.90. The maximum atomic E-state index is 12.3. The molecule has 1 heterocycles. The summed E-state index contributed by atoms with van der Waals surface area (Å²) in [5.41, 5.74) is 2.25. The highest BCUT2D eigenvalue weighted by Gasteiger charge is 2.43. The highest BCUT2D eigenvalue weighted by atomic mass is 16.6. The molecule has 3 heteroatoms. The molecule has 0 spiro atoms. The summed E-state index contributed by atoms with van der Waals surface area (Å²) in [5, 5.41) is 0. The third-order valence-electron chi connectivity index (χ3n) is 4.28. The Bertz CT molecular complexity index is 456. The number of fused-ring (bicyclic) bond motifs is 2. The number of hydrogen-bond donors (Lipinski definition) is 0. The average molecular weight is 261 g/mol. The molecule has 3 aliphatic rings. The molecule has 0 bridgehead atoms. The normalized spacial score (nSPS) is 29.5. The Morgan fingerprint density at radius 3 is 2.84 bits per heavy atom. The van der Waals surface area contributed by atoms with E-state index >= 15 is 0 Å². The van der Waals surface area contributed by atoms with Gasteiger partial charge in [0.25, 0.3) is 0 Å². The molecule has 0 saturated carbocycles. The van der Waals surface area contributed by atoms with Crippen LogP contribution >= 0.6 is 0 Å². The van der Waals surface area contributed by atoms with Crippen molar-refractivity contribution < 1.29 is 9.53 Å². The summed E-state index contributed by atoms with van der Waals surface area (Å²) in [7, 11) is 0. The fraction of sp³-hybridized carbons (Fsp3) is 0.688. The molecule has 19 heavy (non-hydrogen) atoms. The first-order valence-corrected chi connectivity index (χ1v) is 7.37. The van der Waals surface area contributed by atoms with Crippen molar-refractivity contribution in [3.8, 4) is 0 Å². The van der Waals surface area contributed by atoms with Crippen molar-refractivity contribution in [2.75, 3.05) is 6.54 Å². The van der Waals surface area contributed by atoms with Gasteiger partial charge in [-0.2, -0.15) is 0 Å². The lowest BCUT2D eigenvalue weighted by molar-refractivity contribution is 0.0336. The van der Waals surface area contributed by atoms with Crippen molar-refractivity contribution in [1.29, 1.82) is 0 Å². The third kappa shape index (κ3) is 2.31. The summed E-state index contributed by atoms with van der Waals surface area (Å²) in [6.45, 7) is 6.59. The Hall–Kier alpha value is -1.25. The van der Waals surface area contributed by atoms with Crippen molar-refractivity contribution in [3.63, 3.8) is 0 Å². The third-order valence-corrected chi connectivity index (χ3v) is 4.28. The van der Waals surface area contributed by atoms with E-state index in [1.54, 1.807) is 0 Å². The van der Waals surface area contributed by atoms with Gasteiger partial charge in [0, 0.05) is 18.2 Å². The molecule has 2 atom stereocenters. The molecule has 104 valence electrons. The SMILES string of the molecule is CC(C)(C)OC(=O)N1CCC2CC3CCC=CC3=C21. The van der Waals surface area contributed by atoms with Crippen LogP contribution in [0.5, 0.6) is 0 Å². The summed E-state index contributed by atoms with van der Waals surface area (Å²) < 4.78 is 5.54. The quantitative estimate of drug-likeness (QED) is 0.662. The summed E-state index contributed by atoms with van der Waals surface area (Å²) in [6, 6.07) is 0. The predicted octanol–water partition coefficient (Wildman–Crippen LogP) is 3.87. The molecule has 1 amide bonds. The van der Waals surface area contributed by atoms with Gasteiger partial charge in [0.05, 0.1) is 0 Å². The van der Waals surface area contributed by atoms with E-state index in [9.17, 15) is 4.79 Å². The van der Waals surface area contributed by atoms with Gasteiger partial charge in [-0.05, 0) is 57.9 Å². The van der Waals surface area contributed by atoms with Crippen LogP contribution in [0.25, 0.3) is 0 Å². The number of allylic oxidation sites excluding steroid dienone is 4. The van der Waals surface area contributed by atoms with E-state index in [1.165, 1.54) is 30.5 Å². The topological polar surface area (TPSA) is 29.5 Å². The lowest BCUT2D eigenvalue weighted by Gasteiger charge is -2.26. The number of nitrogens with zero attached hydrogens (tertiary/aromatic N) is 1. The van der Waals surface area contributed by atoms with E-state index < -0.39 is 5.60 Å². The first-order valence-electron chi connectivity index (χ1n) is 7.37. The molecule has 0 N–H and O–H groups in total. The van der Waals surface area contributed by atoms with Crippen LogP contribution in [0.2, 0.25) is 0 Å². The Morgan fingerprint density at radius 1 is 1.32 bits per heavy atom. The van der Waals surface area contributed by atoms with E-state index in [0.29, 0.717) is 11.8 Å². The van der Waals surface area contributed by atoms with Gasteiger partial charge >= 0.3 is 6.09 Å². The minimum Gasteiger partial charge on any atom is -0.443 e. The largest absolute Gasteiger partial charge is 0.443 e. The molecule has 0 aromatic heterocycles. The minimum atomic E-state index is -0.416. The minimum absolute atomic E-state index is 0.169. The molecule has 0 aromatic carbocycles. The van der Waals surface area contributed by atoms with Crippen LogP contribution in [-0.2, 0) is 4.74 Å². The van der Waals surface area contributed by atoms with Crippen LogP contribution in [0.3, 0.4) is 0 Å². The summed E-state index contributed by atoms with van der Waals surface area (Å²) in [6.07, 6.45) is 9.07. The number of carbonyl (C=O) groups excluding carboxylic acids is 1. The predicted molar refractivity (Wildman–Crippen MR) is 74.6 cm³/mol. The van der Waals surface area contributed by atoms with Crippen molar-refractivity contribution in [2.24, 2.45) is 11.8 Å². The lowest BCUT2D eigenvalue weighted by Crippen LogP contribution is -2.34. The number of hydrogen-bond acceptors (Lipinski definition) is 2. The monoisotopic (exact) mass is 261 g/mol. The highest BCUT2D eigenvalue weighted by molar-refractivity contribution is 5.72. The smallest absolute Gasteiger partial charge is 0.414 e. The van der Waals surface area contributed by atoms with Crippen molar-refractivity contribution >= 4 is 6.09 Å². The molecule has 1 aliphatic heterocycles. The van der Waals surface area contributed by atoms with E-state index in [1.807, 2.05) is 25.7 Å². The number of likely N-dealkylation sites (tertiary alicyclic amines) is 1. The Morgan fingerprint density at radius 2 is 2.11 bits per heavy atom. The average Bonchev–Trinajstić information content (AvgIpc) is 2.84. The van der Waals surface area contributed by atoms with Gasteiger partial charge in [-0.15, -0.1) is 0 Å². The van der Waals surface area contributed by atoms with Gasteiger partial charge in [0.2, 0.25) is 0 Å². The fourth-order valence-corrected chi connectivity index (χ4v) is 3.57. The Labute approximate surface area is 115 Å². The molecule has 1 fully saturated rings. The second-order valence-electron chi connectivity index (χ2n) is 6.87. The van der Waals surface area contributed by atoms with Gasteiger partial charge in [-0.1, -0.05) is 12.2 Å². The van der Waals surface area contributed by atoms with E-state index in [2.05, 4.69) is 12.2 Å². The fourth-order valence-electron chi connectivity index (χ4n) is 3.57. The first kappa shape index (κ1) is 12.8. The van der Waals surface area contributed by atoms with Gasteiger partial charge in [-0.25, -0.2) is 4.79 Å². The number of rotatable bonds is 0. The summed E-state index contributed by atoms with van der Waals surface area (Å²) in [5.74, 6) is 1.26.